The highest BCUT2D eigenvalue weighted by Gasteiger charge is 2.25. The van der Waals surface area contributed by atoms with Gasteiger partial charge in [-0.05, 0) is 41.0 Å². The molecule has 100 valence electrons. The van der Waals surface area contributed by atoms with Crippen molar-refractivity contribution >= 4 is 27.3 Å². The molecule has 3 rings (SSSR count). The first-order valence-corrected chi connectivity index (χ1v) is 8.33. The van der Waals surface area contributed by atoms with Crippen LogP contribution < -0.4 is 5.32 Å². The van der Waals surface area contributed by atoms with E-state index >= 15 is 0 Å². The lowest BCUT2D eigenvalue weighted by Crippen LogP contribution is -2.50. The van der Waals surface area contributed by atoms with Gasteiger partial charge in [0, 0.05) is 50.2 Å². The van der Waals surface area contributed by atoms with Gasteiger partial charge in [-0.15, -0.1) is 11.3 Å². The van der Waals surface area contributed by atoms with Gasteiger partial charge in [0.15, 0.2) is 0 Å². The molecule has 1 unspecified atom stereocenters. The van der Waals surface area contributed by atoms with Crippen molar-refractivity contribution in [1.29, 1.82) is 0 Å². The molecule has 2 fully saturated rings. The van der Waals surface area contributed by atoms with E-state index in [-0.39, 0.29) is 0 Å². The van der Waals surface area contributed by atoms with Crippen LogP contribution >= 0.6 is 27.3 Å². The van der Waals surface area contributed by atoms with Crippen LogP contribution in [0.4, 0.5) is 0 Å². The molecule has 2 aliphatic rings. The van der Waals surface area contributed by atoms with Gasteiger partial charge >= 0.3 is 0 Å². The van der Waals surface area contributed by atoms with Crippen LogP contribution in [0.15, 0.2) is 15.9 Å². The molecule has 0 radical (unpaired) electrons. The second kappa shape index (κ2) is 6.01. The highest BCUT2D eigenvalue weighted by Crippen LogP contribution is 2.24. The number of piperazine rings is 1. The Morgan fingerprint density at radius 2 is 2.11 bits per heavy atom. The SMILES string of the molecule is Brc1ccc(CN2CCN(C3CCNC3)CC2)s1. The van der Waals surface area contributed by atoms with Gasteiger partial charge in [0.2, 0.25) is 0 Å². The molecule has 0 spiro atoms. The average molecular weight is 330 g/mol. The van der Waals surface area contributed by atoms with Crippen molar-refractivity contribution in [1.82, 2.24) is 15.1 Å². The molecule has 2 saturated heterocycles. The first-order valence-electron chi connectivity index (χ1n) is 6.72. The topological polar surface area (TPSA) is 18.5 Å². The minimum atomic E-state index is 0.794. The highest BCUT2D eigenvalue weighted by molar-refractivity contribution is 9.11. The Morgan fingerprint density at radius 1 is 1.28 bits per heavy atom. The standard InChI is InChI=1S/C13H20BrN3S/c14-13-2-1-12(18-13)10-16-5-7-17(8-6-16)11-3-4-15-9-11/h1-2,11,15H,3-10H2. The fourth-order valence-electron chi connectivity index (χ4n) is 2.89. The number of hydrogen-bond acceptors (Lipinski definition) is 4. The Hall–Kier alpha value is 0.0600. The van der Waals surface area contributed by atoms with Gasteiger partial charge in [-0.2, -0.15) is 0 Å². The number of thiophene rings is 1. The first kappa shape index (κ1) is 13.1. The zero-order valence-corrected chi connectivity index (χ0v) is 13.0. The third-order valence-corrected chi connectivity index (χ3v) is 5.57. The Labute approximate surface area is 121 Å². The molecule has 3 nitrogen and oxygen atoms in total. The van der Waals surface area contributed by atoms with E-state index < -0.39 is 0 Å². The van der Waals surface area contributed by atoms with Crippen molar-refractivity contribution in [3.8, 4) is 0 Å². The summed E-state index contributed by atoms with van der Waals surface area (Å²) in [4.78, 5) is 6.72. The van der Waals surface area contributed by atoms with Crippen LogP contribution in [0.25, 0.3) is 0 Å². The van der Waals surface area contributed by atoms with Crippen molar-refractivity contribution in [2.24, 2.45) is 0 Å². The van der Waals surface area contributed by atoms with Crippen LogP contribution in [0.2, 0.25) is 0 Å². The van der Waals surface area contributed by atoms with E-state index in [1.165, 1.54) is 54.4 Å². The minimum Gasteiger partial charge on any atom is -0.315 e. The molecule has 1 aromatic rings. The van der Waals surface area contributed by atoms with Gasteiger partial charge in [0.05, 0.1) is 3.79 Å². The lowest BCUT2D eigenvalue weighted by Gasteiger charge is -2.37. The van der Waals surface area contributed by atoms with Crippen molar-refractivity contribution in [2.75, 3.05) is 39.3 Å². The van der Waals surface area contributed by atoms with Gasteiger partial charge in [-0.3, -0.25) is 9.80 Å². The van der Waals surface area contributed by atoms with Crippen LogP contribution in [0.5, 0.6) is 0 Å². The zero-order chi connectivity index (χ0) is 12.4. The summed E-state index contributed by atoms with van der Waals surface area (Å²) in [6.07, 6.45) is 1.33. The minimum absolute atomic E-state index is 0.794. The summed E-state index contributed by atoms with van der Waals surface area (Å²) < 4.78 is 1.24. The summed E-state index contributed by atoms with van der Waals surface area (Å²) in [5.41, 5.74) is 0. The van der Waals surface area contributed by atoms with Crippen molar-refractivity contribution in [2.45, 2.75) is 19.0 Å². The van der Waals surface area contributed by atoms with Crippen LogP contribution in [-0.4, -0.2) is 55.1 Å². The smallest absolute Gasteiger partial charge is 0.0701 e. The summed E-state index contributed by atoms with van der Waals surface area (Å²) in [6, 6.07) is 5.19. The van der Waals surface area contributed by atoms with E-state index in [2.05, 4.69) is 43.2 Å². The fourth-order valence-corrected chi connectivity index (χ4v) is 4.42. The van der Waals surface area contributed by atoms with Crippen LogP contribution in [0.3, 0.4) is 0 Å². The molecule has 0 aromatic carbocycles. The second-order valence-electron chi connectivity index (χ2n) is 5.16. The van der Waals surface area contributed by atoms with E-state index in [9.17, 15) is 0 Å². The second-order valence-corrected chi connectivity index (χ2v) is 7.71. The van der Waals surface area contributed by atoms with E-state index in [0.717, 1.165) is 12.6 Å². The van der Waals surface area contributed by atoms with Crippen molar-refractivity contribution < 1.29 is 0 Å². The molecule has 3 heterocycles. The molecule has 1 aromatic heterocycles. The lowest BCUT2D eigenvalue weighted by molar-refractivity contribution is 0.0988. The molecule has 5 heteroatoms. The number of nitrogens with one attached hydrogen (secondary N) is 1. The summed E-state index contributed by atoms with van der Waals surface area (Å²) >= 11 is 5.39. The number of hydrogen-bond donors (Lipinski definition) is 1. The number of nitrogens with zero attached hydrogens (tertiary/aromatic N) is 2. The Kier molecular flexibility index (Phi) is 4.36. The highest BCUT2D eigenvalue weighted by atomic mass is 79.9. The van der Waals surface area contributed by atoms with Gasteiger partial charge < -0.3 is 5.32 Å². The summed E-state index contributed by atoms with van der Waals surface area (Å²) in [5, 5.41) is 3.46. The Bertz CT molecular complexity index is 381. The normalized spacial score (nSPS) is 26.8. The average Bonchev–Trinajstić information content (AvgIpc) is 3.02. The third kappa shape index (κ3) is 3.14. The van der Waals surface area contributed by atoms with E-state index in [0.29, 0.717) is 0 Å². The summed E-state index contributed by atoms with van der Waals surface area (Å²) in [6.45, 7) is 8.41. The van der Waals surface area contributed by atoms with Gasteiger partial charge in [0.25, 0.3) is 0 Å². The van der Waals surface area contributed by atoms with Crippen molar-refractivity contribution in [3.63, 3.8) is 0 Å². The van der Waals surface area contributed by atoms with E-state index in [1.54, 1.807) is 0 Å². The molecule has 0 amide bonds. The van der Waals surface area contributed by atoms with Crippen LogP contribution in [0, 0.1) is 0 Å². The Morgan fingerprint density at radius 3 is 2.72 bits per heavy atom. The molecule has 2 aliphatic heterocycles. The quantitative estimate of drug-likeness (QED) is 0.914. The molecule has 1 N–H and O–H groups in total. The molecule has 1 atom stereocenters. The Balaban J connectivity index is 1.47. The van der Waals surface area contributed by atoms with Gasteiger partial charge in [-0.25, -0.2) is 0 Å². The van der Waals surface area contributed by atoms with Gasteiger partial charge in [0.1, 0.15) is 0 Å². The van der Waals surface area contributed by atoms with Crippen LogP contribution in [0.1, 0.15) is 11.3 Å². The lowest BCUT2D eigenvalue weighted by atomic mass is 10.2. The first-order chi connectivity index (χ1) is 8.81. The maximum atomic E-state index is 3.54. The van der Waals surface area contributed by atoms with Crippen molar-refractivity contribution in [3.05, 3.63) is 20.8 Å². The summed E-state index contributed by atoms with van der Waals surface area (Å²) in [7, 11) is 0. The predicted molar refractivity (Wildman–Crippen MR) is 80.1 cm³/mol. The molecule has 0 bridgehead atoms. The predicted octanol–water partition coefficient (Wildman–Crippen LogP) is 1.99. The third-order valence-electron chi connectivity index (χ3n) is 3.97. The molecule has 0 saturated carbocycles. The van der Waals surface area contributed by atoms with Crippen LogP contribution in [-0.2, 0) is 6.54 Å². The molecular formula is C13H20BrN3S. The van der Waals surface area contributed by atoms with Gasteiger partial charge in [-0.1, -0.05) is 0 Å². The molecule has 0 aliphatic carbocycles. The van der Waals surface area contributed by atoms with E-state index in [4.69, 9.17) is 0 Å². The molecule has 18 heavy (non-hydrogen) atoms. The van der Waals surface area contributed by atoms with E-state index in [1.807, 2.05) is 11.3 Å². The largest absolute Gasteiger partial charge is 0.315 e. The number of halogens is 1. The fraction of sp³-hybridized carbons (Fsp3) is 0.692. The number of rotatable bonds is 3. The molecular weight excluding hydrogens is 310 g/mol. The zero-order valence-electron chi connectivity index (χ0n) is 10.6. The summed E-state index contributed by atoms with van der Waals surface area (Å²) in [5.74, 6) is 0. The maximum absolute atomic E-state index is 3.54. The maximum Gasteiger partial charge on any atom is 0.0701 e. The monoisotopic (exact) mass is 329 g/mol.